The number of para-hydroxylation sites is 2. The van der Waals surface area contributed by atoms with E-state index in [4.69, 9.17) is 14.5 Å². The molecule has 0 bridgehead atoms. The number of fused-ring (bicyclic) bond motifs is 2. The van der Waals surface area contributed by atoms with Crippen molar-refractivity contribution in [2.75, 3.05) is 32.1 Å². The van der Waals surface area contributed by atoms with E-state index in [1.807, 2.05) is 65.6 Å². The van der Waals surface area contributed by atoms with Gasteiger partial charge in [-0.05, 0) is 50.2 Å². The number of nitrogens with zero attached hydrogens (tertiary/aromatic N) is 3. The molecule has 0 saturated carbocycles. The number of aliphatic imine (C=N–C) groups is 1. The monoisotopic (exact) mass is 456 g/mol. The van der Waals surface area contributed by atoms with E-state index in [1.165, 1.54) is 0 Å². The Bertz CT molecular complexity index is 1260. The molecule has 5 rings (SSSR count). The molecule has 1 fully saturated rings. The number of anilines is 1. The van der Waals surface area contributed by atoms with Crippen LogP contribution in [0.1, 0.15) is 18.1 Å². The van der Waals surface area contributed by atoms with E-state index >= 15 is 0 Å². The first-order chi connectivity index (χ1) is 16.5. The first kappa shape index (κ1) is 21.8. The molecular weight excluding hydrogens is 428 g/mol. The van der Waals surface area contributed by atoms with Crippen molar-refractivity contribution >= 4 is 23.2 Å². The normalized spacial score (nSPS) is 17.0. The number of nitrogens with one attached hydrogen (secondary N) is 1. The van der Waals surface area contributed by atoms with Crippen LogP contribution in [0.3, 0.4) is 0 Å². The molecule has 7 heteroatoms. The number of piperazine rings is 1. The number of benzene rings is 3. The number of hydrogen-bond acceptors (Lipinski definition) is 5. The second-order valence-electron chi connectivity index (χ2n) is 8.66. The summed E-state index contributed by atoms with van der Waals surface area (Å²) in [5, 5.41) is 3.00. The SMILES string of the molecule is COc1cccc(NC(=O)N2CCN(C3=Nc4ccccc4Oc4ccc(C)cc43)CC2C)c1. The molecule has 1 unspecified atom stereocenters. The fourth-order valence-electron chi connectivity index (χ4n) is 4.43. The summed E-state index contributed by atoms with van der Waals surface area (Å²) >= 11 is 0. The number of amides is 2. The lowest BCUT2D eigenvalue weighted by Crippen LogP contribution is -2.56. The zero-order chi connectivity index (χ0) is 23.7. The molecule has 2 amide bonds. The van der Waals surface area contributed by atoms with Crippen LogP contribution in [0, 0.1) is 6.92 Å². The molecule has 2 aliphatic rings. The van der Waals surface area contributed by atoms with Gasteiger partial charge in [0.15, 0.2) is 5.75 Å². The van der Waals surface area contributed by atoms with Gasteiger partial charge in [0.05, 0.1) is 12.7 Å². The Morgan fingerprint density at radius 2 is 1.91 bits per heavy atom. The number of ether oxygens (including phenoxy) is 2. The van der Waals surface area contributed by atoms with Crippen LogP contribution in [0.4, 0.5) is 16.2 Å². The Labute approximate surface area is 199 Å². The van der Waals surface area contributed by atoms with Gasteiger partial charge >= 0.3 is 6.03 Å². The molecule has 1 N–H and O–H groups in total. The first-order valence-corrected chi connectivity index (χ1v) is 11.4. The Morgan fingerprint density at radius 1 is 1.06 bits per heavy atom. The van der Waals surface area contributed by atoms with Crippen molar-refractivity contribution in [1.82, 2.24) is 9.80 Å². The van der Waals surface area contributed by atoms with Crippen molar-refractivity contribution in [2.45, 2.75) is 19.9 Å². The maximum atomic E-state index is 13.0. The van der Waals surface area contributed by atoms with Gasteiger partial charge in [-0.25, -0.2) is 9.79 Å². The van der Waals surface area contributed by atoms with Crippen molar-refractivity contribution in [3.63, 3.8) is 0 Å². The first-order valence-electron chi connectivity index (χ1n) is 11.4. The van der Waals surface area contributed by atoms with Gasteiger partial charge in [-0.2, -0.15) is 0 Å². The molecular formula is C27H28N4O3. The van der Waals surface area contributed by atoms with Crippen LogP contribution in [-0.4, -0.2) is 54.5 Å². The van der Waals surface area contributed by atoms with E-state index in [1.54, 1.807) is 7.11 Å². The molecule has 3 aromatic carbocycles. The summed E-state index contributed by atoms with van der Waals surface area (Å²) in [6, 6.07) is 21.3. The number of amidine groups is 1. The van der Waals surface area contributed by atoms with E-state index in [0.29, 0.717) is 31.1 Å². The topological polar surface area (TPSA) is 66.4 Å². The summed E-state index contributed by atoms with van der Waals surface area (Å²) in [5.41, 5.74) is 3.63. The lowest BCUT2D eigenvalue weighted by molar-refractivity contribution is 0.145. The van der Waals surface area contributed by atoms with E-state index in [0.717, 1.165) is 34.1 Å². The minimum atomic E-state index is -0.117. The number of methoxy groups -OCH3 is 1. The minimum Gasteiger partial charge on any atom is -0.497 e. The average Bonchev–Trinajstić information content (AvgIpc) is 3.00. The van der Waals surface area contributed by atoms with Crippen molar-refractivity contribution in [3.05, 3.63) is 77.9 Å². The van der Waals surface area contributed by atoms with Gasteiger partial charge in [0.25, 0.3) is 0 Å². The molecule has 7 nitrogen and oxygen atoms in total. The van der Waals surface area contributed by atoms with Crippen LogP contribution in [0.5, 0.6) is 17.2 Å². The van der Waals surface area contributed by atoms with Crippen molar-refractivity contribution < 1.29 is 14.3 Å². The highest BCUT2D eigenvalue weighted by Crippen LogP contribution is 2.38. The average molecular weight is 457 g/mol. The molecule has 174 valence electrons. The second kappa shape index (κ2) is 9.09. The fraction of sp³-hybridized carbons (Fsp3) is 0.259. The molecule has 3 aromatic rings. The predicted molar refractivity (Wildman–Crippen MR) is 134 cm³/mol. The Morgan fingerprint density at radius 3 is 2.74 bits per heavy atom. The summed E-state index contributed by atoms with van der Waals surface area (Å²) in [5.74, 6) is 3.12. The molecule has 0 radical (unpaired) electrons. The number of hydrogen-bond donors (Lipinski definition) is 1. The zero-order valence-electron chi connectivity index (χ0n) is 19.6. The smallest absolute Gasteiger partial charge is 0.322 e. The molecule has 0 aliphatic carbocycles. The standard InChI is InChI=1S/C27H28N4O3/c1-18-11-12-24-22(15-18)26(29-23-9-4-5-10-25(23)34-24)30-13-14-31(19(2)17-30)27(32)28-20-7-6-8-21(16-20)33-3/h4-12,15-16,19H,13-14,17H2,1-3H3,(H,28,32). The second-order valence-corrected chi connectivity index (χ2v) is 8.66. The zero-order valence-corrected chi connectivity index (χ0v) is 19.6. The van der Waals surface area contributed by atoms with Crippen LogP contribution in [0.2, 0.25) is 0 Å². The predicted octanol–water partition coefficient (Wildman–Crippen LogP) is 5.43. The highest BCUT2D eigenvalue weighted by Gasteiger charge is 2.31. The van der Waals surface area contributed by atoms with Crippen LogP contribution in [-0.2, 0) is 0 Å². The largest absolute Gasteiger partial charge is 0.497 e. The Kier molecular flexibility index (Phi) is 5.84. The van der Waals surface area contributed by atoms with Crippen molar-refractivity contribution in [2.24, 2.45) is 4.99 Å². The Hall–Kier alpha value is -4.00. The number of rotatable bonds is 2. The summed E-state index contributed by atoms with van der Waals surface area (Å²) in [6.07, 6.45) is 0. The third-order valence-corrected chi connectivity index (χ3v) is 6.20. The molecule has 0 aromatic heterocycles. The number of urea groups is 1. The van der Waals surface area contributed by atoms with Gasteiger partial charge in [-0.15, -0.1) is 0 Å². The van der Waals surface area contributed by atoms with Crippen LogP contribution < -0.4 is 14.8 Å². The number of carbonyl (C=O) groups is 1. The molecule has 34 heavy (non-hydrogen) atoms. The van der Waals surface area contributed by atoms with Crippen molar-refractivity contribution in [1.29, 1.82) is 0 Å². The van der Waals surface area contributed by atoms with Gasteiger partial charge in [0.2, 0.25) is 0 Å². The van der Waals surface area contributed by atoms with Crippen LogP contribution in [0.25, 0.3) is 0 Å². The van der Waals surface area contributed by atoms with Gasteiger partial charge in [-0.3, -0.25) is 0 Å². The van der Waals surface area contributed by atoms with Gasteiger partial charge < -0.3 is 24.6 Å². The summed E-state index contributed by atoms with van der Waals surface area (Å²) in [6.45, 7) is 6.05. The third-order valence-electron chi connectivity index (χ3n) is 6.20. The molecule has 2 heterocycles. The van der Waals surface area contributed by atoms with Crippen LogP contribution in [0.15, 0.2) is 71.7 Å². The highest BCUT2D eigenvalue weighted by atomic mass is 16.5. The number of aryl methyl sites for hydroxylation is 1. The fourth-order valence-corrected chi connectivity index (χ4v) is 4.43. The number of carbonyl (C=O) groups excluding carboxylic acids is 1. The van der Waals surface area contributed by atoms with E-state index in [-0.39, 0.29) is 12.1 Å². The quantitative estimate of drug-likeness (QED) is 0.559. The summed E-state index contributed by atoms with van der Waals surface area (Å²) in [7, 11) is 1.61. The summed E-state index contributed by atoms with van der Waals surface area (Å²) in [4.78, 5) is 22.2. The minimum absolute atomic E-state index is 0.00488. The maximum absolute atomic E-state index is 13.0. The molecule has 1 saturated heterocycles. The molecule has 0 spiro atoms. The summed E-state index contributed by atoms with van der Waals surface area (Å²) < 4.78 is 11.5. The third kappa shape index (κ3) is 4.29. The molecule has 2 aliphatic heterocycles. The van der Waals surface area contributed by atoms with E-state index in [9.17, 15) is 4.79 Å². The Balaban J connectivity index is 1.38. The van der Waals surface area contributed by atoms with Gasteiger partial charge in [-0.1, -0.05) is 29.8 Å². The molecule has 1 atom stereocenters. The van der Waals surface area contributed by atoms with Crippen LogP contribution >= 0.6 is 0 Å². The van der Waals surface area contributed by atoms with Gasteiger partial charge in [0.1, 0.15) is 23.0 Å². The van der Waals surface area contributed by atoms with E-state index in [2.05, 4.69) is 30.1 Å². The van der Waals surface area contributed by atoms with Gasteiger partial charge in [0, 0.05) is 37.4 Å². The maximum Gasteiger partial charge on any atom is 0.322 e. The van der Waals surface area contributed by atoms with Crippen molar-refractivity contribution in [3.8, 4) is 17.2 Å². The lowest BCUT2D eigenvalue weighted by Gasteiger charge is -2.41. The lowest BCUT2D eigenvalue weighted by atomic mass is 10.1. The highest BCUT2D eigenvalue weighted by molar-refractivity contribution is 6.04. The van der Waals surface area contributed by atoms with E-state index < -0.39 is 0 Å².